The zero-order chi connectivity index (χ0) is 18.4. The minimum atomic E-state index is -0.303. The number of rotatable bonds is 6. The molecule has 1 atom stereocenters. The number of pyridine rings is 1. The van der Waals surface area contributed by atoms with Crippen molar-refractivity contribution in [2.45, 2.75) is 23.6 Å². The average molecular weight is 361 g/mol. The number of hydrogen-bond donors (Lipinski definition) is 0. The summed E-state index contributed by atoms with van der Waals surface area (Å²) in [6, 6.07) is 23.5. The number of amides is 1. The number of para-hydroxylation sites is 2. The van der Waals surface area contributed by atoms with Gasteiger partial charge in [0.25, 0.3) is 0 Å². The first kappa shape index (κ1) is 18.0. The molecule has 1 amide bonds. The van der Waals surface area contributed by atoms with Gasteiger partial charge in [0.1, 0.15) is 0 Å². The Morgan fingerprint density at radius 3 is 2.62 bits per heavy atom. The zero-order valence-electron chi connectivity index (χ0n) is 14.5. The molecule has 5 heteroatoms. The van der Waals surface area contributed by atoms with Crippen LogP contribution in [0.25, 0.3) is 10.9 Å². The average Bonchev–Trinajstić information content (AvgIpc) is 2.69. The van der Waals surface area contributed by atoms with E-state index in [0.29, 0.717) is 13.0 Å². The Balaban J connectivity index is 1.78. The van der Waals surface area contributed by atoms with Crippen LogP contribution in [-0.4, -0.2) is 22.7 Å². The number of nitriles is 1. The molecular formula is C21H19N3OS. The van der Waals surface area contributed by atoms with Crippen LogP contribution in [0.1, 0.15) is 13.3 Å². The molecule has 0 unspecified atom stereocenters. The van der Waals surface area contributed by atoms with Gasteiger partial charge in [-0.05, 0) is 31.2 Å². The van der Waals surface area contributed by atoms with Crippen LogP contribution in [0.5, 0.6) is 0 Å². The number of anilines is 1. The fourth-order valence-electron chi connectivity index (χ4n) is 2.70. The van der Waals surface area contributed by atoms with E-state index in [4.69, 9.17) is 5.26 Å². The Morgan fingerprint density at radius 1 is 1.12 bits per heavy atom. The van der Waals surface area contributed by atoms with Gasteiger partial charge in [0, 0.05) is 17.6 Å². The maximum Gasteiger partial charge on any atom is 0.240 e. The molecule has 26 heavy (non-hydrogen) atoms. The van der Waals surface area contributed by atoms with Crippen molar-refractivity contribution >= 4 is 34.3 Å². The predicted octanol–water partition coefficient (Wildman–Crippen LogP) is 4.66. The van der Waals surface area contributed by atoms with E-state index < -0.39 is 0 Å². The van der Waals surface area contributed by atoms with Gasteiger partial charge in [-0.1, -0.05) is 54.2 Å². The highest BCUT2D eigenvalue weighted by Gasteiger charge is 2.23. The molecular weight excluding hydrogens is 342 g/mol. The summed E-state index contributed by atoms with van der Waals surface area (Å²) in [6.45, 7) is 2.27. The van der Waals surface area contributed by atoms with Crippen molar-refractivity contribution in [3.63, 3.8) is 0 Å². The van der Waals surface area contributed by atoms with Crippen LogP contribution in [0, 0.1) is 11.3 Å². The molecule has 1 heterocycles. The fourth-order valence-corrected chi connectivity index (χ4v) is 3.59. The van der Waals surface area contributed by atoms with Crippen molar-refractivity contribution in [2.75, 3.05) is 11.4 Å². The third-order valence-corrected chi connectivity index (χ3v) is 5.02. The number of benzene rings is 2. The standard InChI is InChI=1S/C21H19N3OS/c1-16(26-20-13-12-17-8-5-6-11-19(17)23-20)21(25)24(15-7-14-22)18-9-3-2-4-10-18/h2-6,8-13,16H,7,15H2,1H3/t16-/m1/s1. The van der Waals surface area contributed by atoms with E-state index in [-0.39, 0.29) is 11.2 Å². The molecule has 0 aliphatic carbocycles. The highest BCUT2D eigenvalue weighted by atomic mass is 32.2. The second-order valence-electron chi connectivity index (χ2n) is 5.84. The van der Waals surface area contributed by atoms with Crippen molar-refractivity contribution in [1.29, 1.82) is 5.26 Å². The first-order valence-electron chi connectivity index (χ1n) is 8.45. The summed E-state index contributed by atoms with van der Waals surface area (Å²) < 4.78 is 0. The van der Waals surface area contributed by atoms with Gasteiger partial charge in [-0.3, -0.25) is 4.79 Å². The predicted molar refractivity (Wildman–Crippen MR) is 106 cm³/mol. The van der Waals surface area contributed by atoms with E-state index in [1.165, 1.54) is 11.8 Å². The third-order valence-electron chi connectivity index (χ3n) is 4.00. The monoisotopic (exact) mass is 361 g/mol. The molecule has 0 fully saturated rings. The van der Waals surface area contributed by atoms with Gasteiger partial charge in [-0.25, -0.2) is 4.98 Å². The normalized spacial score (nSPS) is 11.7. The highest BCUT2D eigenvalue weighted by Crippen LogP contribution is 2.26. The smallest absolute Gasteiger partial charge is 0.240 e. The first-order valence-corrected chi connectivity index (χ1v) is 9.33. The summed E-state index contributed by atoms with van der Waals surface area (Å²) in [7, 11) is 0. The third kappa shape index (κ3) is 4.22. The van der Waals surface area contributed by atoms with Gasteiger partial charge < -0.3 is 4.90 Å². The summed E-state index contributed by atoms with van der Waals surface area (Å²) in [5.41, 5.74) is 1.73. The summed E-state index contributed by atoms with van der Waals surface area (Å²) in [5, 5.41) is 10.5. The minimum absolute atomic E-state index is 0.0218. The molecule has 0 N–H and O–H groups in total. The summed E-state index contributed by atoms with van der Waals surface area (Å²) >= 11 is 1.44. The summed E-state index contributed by atoms with van der Waals surface area (Å²) in [4.78, 5) is 19.3. The number of nitrogens with zero attached hydrogens (tertiary/aromatic N) is 3. The lowest BCUT2D eigenvalue weighted by molar-refractivity contribution is -0.117. The van der Waals surface area contributed by atoms with Crippen molar-refractivity contribution < 1.29 is 4.79 Å². The maximum atomic E-state index is 13.0. The number of carbonyl (C=O) groups excluding carboxylic acids is 1. The van der Waals surface area contributed by atoms with Gasteiger partial charge in [0.15, 0.2) is 0 Å². The Labute approximate surface area is 157 Å². The fraction of sp³-hybridized carbons (Fsp3) is 0.190. The summed E-state index contributed by atoms with van der Waals surface area (Å²) in [5.74, 6) is -0.0218. The van der Waals surface area contributed by atoms with Crippen LogP contribution in [0.4, 0.5) is 5.69 Å². The molecule has 0 saturated heterocycles. The molecule has 0 bridgehead atoms. The topological polar surface area (TPSA) is 57.0 Å². The second-order valence-corrected chi connectivity index (χ2v) is 7.20. The minimum Gasteiger partial charge on any atom is -0.310 e. The number of hydrogen-bond acceptors (Lipinski definition) is 4. The first-order chi connectivity index (χ1) is 12.7. The van der Waals surface area contributed by atoms with Crippen molar-refractivity contribution in [2.24, 2.45) is 0 Å². The number of thioether (sulfide) groups is 1. The Kier molecular flexibility index (Phi) is 5.88. The Hall–Kier alpha value is -2.84. The van der Waals surface area contributed by atoms with Gasteiger partial charge in [0.05, 0.1) is 28.3 Å². The Bertz CT molecular complexity index is 937. The molecule has 0 saturated carbocycles. The number of fused-ring (bicyclic) bond motifs is 1. The highest BCUT2D eigenvalue weighted by molar-refractivity contribution is 8.00. The molecule has 130 valence electrons. The largest absolute Gasteiger partial charge is 0.310 e. The van der Waals surface area contributed by atoms with Crippen LogP contribution < -0.4 is 4.90 Å². The molecule has 0 radical (unpaired) electrons. The van der Waals surface area contributed by atoms with Gasteiger partial charge in [-0.15, -0.1) is 0 Å². The van der Waals surface area contributed by atoms with Crippen LogP contribution in [0.3, 0.4) is 0 Å². The zero-order valence-corrected chi connectivity index (χ0v) is 15.3. The van der Waals surface area contributed by atoms with Crippen molar-refractivity contribution in [3.8, 4) is 6.07 Å². The molecule has 3 rings (SSSR count). The molecule has 0 spiro atoms. The maximum absolute atomic E-state index is 13.0. The lowest BCUT2D eigenvalue weighted by atomic mass is 10.2. The van der Waals surface area contributed by atoms with E-state index in [1.54, 1.807) is 4.90 Å². The van der Waals surface area contributed by atoms with Crippen LogP contribution in [0.15, 0.2) is 71.8 Å². The van der Waals surface area contributed by atoms with E-state index in [1.807, 2.05) is 73.7 Å². The van der Waals surface area contributed by atoms with E-state index in [9.17, 15) is 4.79 Å². The van der Waals surface area contributed by atoms with Crippen LogP contribution in [0.2, 0.25) is 0 Å². The van der Waals surface area contributed by atoms with Gasteiger partial charge in [0.2, 0.25) is 5.91 Å². The van der Waals surface area contributed by atoms with E-state index in [2.05, 4.69) is 11.1 Å². The van der Waals surface area contributed by atoms with Crippen LogP contribution >= 0.6 is 11.8 Å². The number of carbonyl (C=O) groups is 1. The number of aromatic nitrogens is 1. The van der Waals surface area contributed by atoms with Crippen molar-refractivity contribution in [3.05, 3.63) is 66.7 Å². The molecule has 2 aromatic carbocycles. The molecule has 0 aliphatic heterocycles. The quantitative estimate of drug-likeness (QED) is 0.599. The molecule has 4 nitrogen and oxygen atoms in total. The van der Waals surface area contributed by atoms with Crippen LogP contribution in [-0.2, 0) is 4.79 Å². The van der Waals surface area contributed by atoms with E-state index in [0.717, 1.165) is 21.6 Å². The van der Waals surface area contributed by atoms with E-state index >= 15 is 0 Å². The SMILES string of the molecule is C[C@@H](Sc1ccc2ccccc2n1)C(=O)N(CCC#N)c1ccccc1. The Morgan fingerprint density at radius 2 is 1.85 bits per heavy atom. The van der Waals surface area contributed by atoms with Gasteiger partial charge >= 0.3 is 0 Å². The molecule has 0 aliphatic rings. The lowest BCUT2D eigenvalue weighted by Gasteiger charge is -2.24. The molecule has 3 aromatic rings. The van der Waals surface area contributed by atoms with Gasteiger partial charge in [-0.2, -0.15) is 5.26 Å². The molecule has 1 aromatic heterocycles. The van der Waals surface area contributed by atoms with Crippen molar-refractivity contribution in [1.82, 2.24) is 4.98 Å². The summed E-state index contributed by atoms with van der Waals surface area (Å²) in [6.07, 6.45) is 0.298. The second kappa shape index (κ2) is 8.50. The lowest BCUT2D eigenvalue weighted by Crippen LogP contribution is -2.37.